The molecule has 0 atom stereocenters. The van der Waals surface area contributed by atoms with E-state index in [4.69, 9.17) is 27.9 Å². The van der Waals surface area contributed by atoms with Crippen molar-refractivity contribution in [2.24, 2.45) is 0 Å². The van der Waals surface area contributed by atoms with Crippen LogP contribution >= 0.6 is 23.2 Å². The van der Waals surface area contributed by atoms with Crippen LogP contribution in [0, 0.1) is 15.9 Å². The van der Waals surface area contributed by atoms with Crippen molar-refractivity contribution >= 4 is 35.2 Å². The summed E-state index contributed by atoms with van der Waals surface area (Å²) >= 11 is 11.7. The highest BCUT2D eigenvalue weighted by Crippen LogP contribution is 2.39. The Bertz CT molecular complexity index is 713. The molecule has 0 bridgehead atoms. The maximum atomic E-state index is 13.7. The highest BCUT2D eigenvalue weighted by Gasteiger charge is 2.17. The van der Waals surface area contributed by atoms with E-state index in [1.807, 2.05) is 0 Å². The average Bonchev–Trinajstić information content (AvgIpc) is 2.43. The lowest BCUT2D eigenvalue weighted by Gasteiger charge is -2.10. The molecule has 0 saturated carbocycles. The summed E-state index contributed by atoms with van der Waals surface area (Å²) in [6.07, 6.45) is 0.485. The summed E-state index contributed by atoms with van der Waals surface area (Å²) in [5, 5.41) is 10.4. The van der Waals surface area contributed by atoms with Gasteiger partial charge in [0.05, 0.1) is 15.0 Å². The second-order valence-electron chi connectivity index (χ2n) is 3.91. The summed E-state index contributed by atoms with van der Waals surface area (Å²) in [5.41, 5.74) is -0.171. The number of nitro groups is 1. The first-order valence-electron chi connectivity index (χ1n) is 5.48. The van der Waals surface area contributed by atoms with Crippen LogP contribution in [0.5, 0.6) is 11.5 Å². The second-order valence-corrected chi connectivity index (χ2v) is 4.72. The van der Waals surface area contributed by atoms with E-state index in [1.54, 1.807) is 0 Å². The maximum absolute atomic E-state index is 13.7. The van der Waals surface area contributed by atoms with Gasteiger partial charge in [-0.25, -0.2) is 4.39 Å². The lowest BCUT2D eigenvalue weighted by atomic mass is 10.2. The van der Waals surface area contributed by atoms with Gasteiger partial charge in [-0.3, -0.25) is 14.9 Å². The molecule has 0 heterocycles. The SMILES string of the molecule is O=Cc1ccc(Oc2c(Cl)cc([N+](=O)[O-])cc2Cl)c(F)c1. The van der Waals surface area contributed by atoms with E-state index >= 15 is 0 Å². The maximum Gasteiger partial charge on any atom is 0.272 e. The zero-order chi connectivity index (χ0) is 15.6. The second kappa shape index (κ2) is 6.07. The van der Waals surface area contributed by atoms with Gasteiger partial charge in [0.1, 0.15) is 6.29 Å². The lowest BCUT2D eigenvalue weighted by molar-refractivity contribution is -0.384. The van der Waals surface area contributed by atoms with Crippen LogP contribution in [-0.4, -0.2) is 11.2 Å². The van der Waals surface area contributed by atoms with Crippen LogP contribution in [0.3, 0.4) is 0 Å². The van der Waals surface area contributed by atoms with Gasteiger partial charge in [-0.2, -0.15) is 0 Å². The molecule has 5 nitrogen and oxygen atoms in total. The molecule has 21 heavy (non-hydrogen) atoms. The molecule has 2 rings (SSSR count). The molecule has 0 radical (unpaired) electrons. The number of nitrogens with zero attached hydrogens (tertiary/aromatic N) is 1. The number of ether oxygens (including phenoxy) is 1. The highest BCUT2D eigenvalue weighted by atomic mass is 35.5. The molecular weight excluding hydrogens is 324 g/mol. The van der Waals surface area contributed by atoms with Gasteiger partial charge in [-0.15, -0.1) is 0 Å². The fraction of sp³-hybridized carbons (Fsp3) is 0. The smallest absolute Gasteiger partial charge is 0.272 e. The van der Waals surface area contributed by atoms with Gasteiger partial charge in [0.2, 0.25) is 0 Å². The average molecular weight is 330 g/mol. The first kappa shape index (κ1) is 15.2. The molecular formula is C13H6Cl2FNO4. The number of aldehydes is 1. The Hall–Kier alpha value is -2.18. The summed E-state index contributed by atoms with van der Waals surface area (Å²) in [7, 11) is 0. The Morgan fingerprint density at radius 2 is 1.81 bits per heavy atom. The van der Waals surface area contributed by atoms with Gasteiger partial charge < -0.3 is 4.74 Å². The Balaban J connectivity index is 2.40. The number of halogens is 3. The first-order chi connectivity index (χ1) is 9.92. The van der Waals surface area contributed by atoms with E-state index < -0.39 is 10.7 Å². The molecule has 0 unspecified atom stereocenters. The molecule has 0 spiro atoms. The van der Waals surface area contributed by atoms with Crippen LogP contribution in [0.25, 0.3) is 0 Å². The van der Waals surface area contributed by atoms with Gasteiger partial charge in [0.15, 0.2) is 17.3 Å². The number of nitro benzene ring substituents is 1. The number of hydrogen-bond acceptors (Lipinski definition) is 4. The normalized spacial score (nSPS) is 10.2. The number of non-ortho nitro benzene ring substituents is 1. The third kappa shape index (κ3) is 3.29. The molecule has 0 N–H and O–H groups in total. The van der Waals surface area contributed by atoms with Crippen molar-refractivity contribution in [1.29, 1.82) is 0 Å². The van der Waals surface area contributed by atoms with Crippen molar-refractivity contribution in [3.05, 3.63) is 61.9 Å². The van der Waals surface area contributed by atoms with Gasteiger partial charge in [0, 0.05) is 17.7 Å². The molecule has 108 valence electrons. The van der Waals surface area contributed by atoms with Crippen molar-refractivity contribution in [2.45, 2.75) is 0 Å². The van der Waals surface area contributed by atoms with Gasteiger partial charge in [-0.05, 0) is 18.2 Å². The van der Waals surface area contributed by atoms with Crippen LogP contribution in [0.1, 0.15) is 10.4 Å². The molecule has 0 aliphatic rings. The summed E-state index contributed by atoms with van der Waals surface area (Å²) in [4.78, 5) is 20.5. The molecule has 0 aromatic heterocycles. The topological polar surface area (TPSA) is 69.4 Å². The molecule has 0 fully saturated rings. The lowest BCUT2D eigenvalue weighted by Crippen LogP contribution is -1.94. The zero-order valence-corrected chi connectivity index (χ0v) is 11.7. The Labute approximate surface area is 128 Å². The number of hydrogen-bond donors (Lipinski definition) is 0. The third-order valence-corrected chi connectivity index (χ3v) is 3.06. The fourth-order valence-electron chi connectivity index (χ4n) is 1.53. The Morgan fingerprint density at radius 1 is 1.19 bits per heavy atom. The molecule has 0 amide bonds. The molecule has 2 aromatic carbocycles. The van der Waals surface area contributed by atoms with Crippen molar-refractivity contribution < 1.29 is 18.8 Å². The van der Waals surface area contributed by atoms with Crippen LogP contribution in [0.2, 0.25) is 10.0 Å². The summed E-state index contributed by atoms with van der Waals surface area (Å²) in [6, 6.07) is 5.64. The molecule has 8 heteroatoms. The number of carbonyl (C=O) groups excluding carboxylic acids is 1. The minimum absolute atomic E-state index is 0.110. The third-order valence-electron chi connectivity index (χ3n) is 2.50. The molecule has 0 saturated heterocycles. The molecule has 2 aromatic rings. The van der Waals surface area contributed by atoms with Crippen LogP contribution in [0.15, 0.2) is 30.3 Å². The number of benzene rings is 2. The fourth-order valence-corrected chi connectivity index (χ4v) is 2.09. The Morgan fingerprint density at radius 3 is 2.29 bits per heavy atom. The number of rotatable bonds is 4. The minimum atomic E-state index is -0.787. The van der Waals surface area contributed by atoms with Crippen LogP contribution < -0.4 is 4.74 Å². The van der Waals surface area contributed by atoms with Gasteiger partial charge in [0.25, 0.3) is 5.69 Å². The van der Waals surface area contributed by atoms with E-state index in [9.17, 15) is 19.3 Å². The Kier molecular flexibility index (Phi) is 4.40. The molecule has 0 aliphatic carbocycles. The van der Waals surface area contributed by atoms with Crippen LogP contribution in [0.4, 0.5) is 10.1 Å². The number of carbonyl (C=O) groups is 1. The van der Waals surface area contributed by atoms with Crippen molar-refractivity contribution in [3.63, 3.8) is 0 Å². The standard InChI is InChI=1S/C13H6Cl2FNO4/c14-9-4-8(17(19)20)5-10(15)13(9)21-12-2-1-7(6-18)3-11(12)16/h1-6H. The largest absolute Gasteiger partial charge is 0.451 e. The highest BCUT2D eigenvalue weighted by molar-refractivity contribution is 6.37. The summed E-state index contributed by atoms with van der Waals surface area (Å²) < 4.78 is 18.9. The quantitative estimate of drug-likeness (QED) is 0.465. The van der Waals surface area contributed by atoms with E-state index in [0.717, 1.165) is 18.2 Å². The van der Waals surface area contributed by atoms with E-state index in [-0.39, 0.29) is 32.8 Å². The van der Waals surface area contributed by atoms with Crippen molar-refractivity contribution in [3.8, 4) is 11.5 Å². The zero-order valence-electron chi connectivity index (χ0n) is 10.2. The predicted molar refractivity (Wildman–Crippen MR) is 75.0 cm³/mol. The van der Waals surface area contributed by atoms with E-state index in [1.165, 1.54) is 12.1 Å². The van der Waals surface area contributed by atoms with Crippen molar-refractivity contribution in [2.75, 3.05) is 0 Å². The predicted octanol–water partition coefficient (Wildman–Crippen LogP) is 4.65. The van der Waals surface area contributed by atoms with Gasteiger partial charge in [-0.1, -0.05) is 23.2 Å². The minimum Gasteiger partial charge on any atom is -0.451 e. The monoisotopic (exact) mass is 329 g/mol. The van der Waals surface area contributed by atoms with Crippen LogP contribution in [-0.2, 0) is 0 Å². The first-order valence-corrected chi connectivity index (χ1v) is 6.24. The molecule has 0 aliphatic heterocycles. The van der Waals surface area contributed by atoms with Gasteiger partial charge >= 0.3 is 0 Å². The van der Waals surface area contributed by atoms with E-state index in [0.29, 0.717) is 6.29 Å². The summed E-state index contributed by atoms with van der Waals surface area (Å²) in [5.74, 6) is -1.11. The summed E-state index contributed by atoms with van der Waals surface area (Å²) in [6.45, 7) is 0. The van der Waals surface area contributed by atoms with E-state index in [2.05, 4.69) is 0 Å². The van der Waals surface area contributed by atoms with Crippen molar-refractivity contribution in [1.82, 2.24) is 0 Å².